The Morgan fingerprint density at radius 1 is 1.47 bits per heavy atom. The highest BCUT2D eigenvalue weighted by molar-refractivity contribution is 6.31. The molecule has 0 aliphatic heterocycles. The Balaban J connectivity index is 2.19. The van der Waals surface area contributed by atoms with Crippen LogP contribution in [0.4, 0.5) is 10.1 Å². The van der Waals surface area contributed by atoms with Gasteiger partial charge in [-0.3, -0.25) is 10.1 Å². The first kappa shape index (κ1) is 14.0. The van der Waals surface area contributed by atoms with Crippen molar-refractivity contribution in [3.8, 4) is 5.75 Å². The lowest BCUT2D eigenvalue weighted by Gasteiger charge is -2.23. The minimum Gasteiger partial charge on any atom is -0.485 e. The van der Waals surface area contributed by atoms with Crippen molar-refractivity contribution in [3.63, 3.8) is 0 Å². The van der Waals surface area contributed by atoms with E-state index in [-0.39, 0.29) is 23.1 Å². The van der Waals surface area contributed by atoms with Gasteiger partial charge in [0.05, 0.1) is 15.5 Å². The molecule has 19 heavy (non-hydrogen) atoms. The Morgan fingerprint density at radius 3 is 2.68 bits per heavy atom. The lowest BCUT2D eigenvalue weighted by Crippen LogP contribution is -2.42. The van der Waals surface area contributed by atoms with Crippen LogP contribution in [0.15, 0.2) is 12.1 Å². The molecule has 1 aliphatic carbocycles. The van der Waals surface area contributed by atoms with Crippen molar-refractivity contribution in [1.82, 2.24) is 0 Å². The minimum atomic E-state index is -0.750. The second-order valence-corrected chi connectivity index (χ2v) is 5.26. The normalized spacial score (nSPS) is 17.4. The third-order valence-electron chi connectivity index (χ3n) is 3.31. The molecule has 1 saturated carbocycles. The van der Waals surface area contributed by atoms with Crippen LogP contribution in [0.3, 0.4) is 0 Å². The number of hydrogen-bond acceptors (Lipinski definition) is 4. The van der Waals surface area contributed by atoms with Crippen molar-refractivity contribution < 1.29 is 14.1 Å². The van der Waals surface area contributed by atoms with Crippen molar-refractivity contribution in [3.05, 3.63) is 33.1 Å². The Kier molecular flexibility index (Phi) is 3.91. The largest absolute Gasteiger partial charge is 0.485 e. The van der Waals surface area contributed by atoms with Crippen LogP contribution in [-0.2, 0) is 0 Å². The number of nitrogens with zero attached hydrogens (tertiary/aromatic N) is 1. The maximum atomic E-state index is 13.4. The van der Waals surface area contributed by atoms with Gasteiger partial charge >= 0.3 is 5.69 Å². The molecule has 0 amide bonds. The van der Waals surface area contributed by atoms with E-state index in [0.29, 0.717) is 0 Å². The SMILES string of the molecule is NC1(COc2cc(F)c(Cl)cc2[N+](=O)[O-])CCCC1. The zero-order valence-electron chi connectivity index (χ0n) is 10.2. The molecule has 0 saturated heterocycles. The van der Waals surface area contributed by atoms with E-state index in [9.17, 15) is 14.5 Å². The van der Waals surface area contributed by atoms with E-state index in [2.05, 4.69) is 0 Å². The van der Waals surface area contributed by atoms with Crippen LogP contribution < -0.4 is 10.5 Å². The fourth-order valence-corrected chi connectivity index (χ4v) is 2.38. The summed E-state index contributed by atoms with van der Waals surface area (Å²) >= 11 is 5.52. The molecule has 0 atom stereocenters. The number of benzene rings is 1. The number of hydrogen-bond donors (Lipinski definition) is 1. The quantitative estimate of drug-likeness (QED) is 0.682. The van der Waals surface area contributed by atoms with E-state index < -0.39 is 16.3 Å². The van der Waals surface area contributed by atoms with E-state index in [1.807, 2.05) is 0 Å². The second kappa shape index (κ2) is 5.30. The van der Waals surface area contributed by atoms with Gasteiger partial charge in [-0.05, 0) is 12.8 Å². The minimum absolute atomic E-state index is 0.134. The smallest absolute Gasteiger partial charge is 0.312 e. The van der Waals surface area contributed by atoms with Gasteiger partial charge in [0, 0.05) is 12.1 Å². The third kappa shape index (κ3) is 3.13. The van der Waals surface area contributed by atoms with Gasteiger partial charge in [0.2, 0.25) is 0 Å². The molecule has 1 aromatic carbocycles. The molecule has 0 heterocycles. The number of rotatable bonds is 4. The summed E-state index contributed by atoms with van der Waals surface area (Å²) in [4.78, 5) is 10.2. The maximum absolute atomic E-state index is 13.4. The Bertz CT molecular complexity index is 504. The second-order valence-electron chi connectivity index (χ2n) is 4.85. The van der Waals surface area contributed by atoms with Crippen molar-refractivity contribution in [2.45, 2.75) is 31.2 Å². The number of ether oxygens (including phenoxy) is 1. The van der Waals surface area contributed by atoms with Crippen molar-refractivity contribution >= 4 is 17.3 Å². The number of nitrogens with two attached hydrogens (primary N) is 1. The molecule has 1 aliphatic rings. The molecular formula is C12H14ClFN2O3. The molecule has 0 bridgehead atoms. The van der Waals surface area contributed by atoms with Crippen molar-refractivity contribution in [2.75, 3.05) is 6.61 Å². The topological polar surface area (TPSA) is 78.4 Å². The molecule has 1 aromatic rings. The van der Waals surface area contributed by atoms with Crippen LogP contribution in [-0.4, -0.2) is 17.1 Å². The Labute approximate surface area is 114 Å². The summed E-state index contributed by atoms with van der Waals surface area (Å²) in [6.45, 7) is 0.134. The highest BCUT2D eigenvalue weighted by Gasteiger charge is 2.31. The Hall–Kier alpha value is -1.40. The fraction of sp³-hybridized carbons (Fsp3) is 0.500. The van der Waals surface area contributed by atoms with Gasteiger partial charge in [-0.2, -0.15) is 0 Å². The van der Waals surface area contributed by atoms with E-state index in [4.69, 9.17) is 22.1 Å². The zero-order valence-corrected chi connectivity index (χ0v) is 11.0. The lowest BCUT2D eigenvalue weighted by atomic mass is 10.0. The summed E-state index contributed by atoms with van der Waals surface area (Å²) in [6.07, 6.45) is 3.63. The summed E-state index contributed by atoms with van der Waals surface area (Å²) in [5, 5.41) is 10.6. The van der Waals surface area contributed by atoms with Gasteiger partial charge in [-0.1, -0.05) is 24.4 Å². The molecule has 2 rings (SSSR count). The molecule has 7 heteroatoms. The number of nitro benzene ring substituents is 1. The molecule has 0 spiro atoms. The van der Waals surface area contributed by atoms with Gasteiger partial charge in [-0.15, -0.1) is 0 Å². The molecule has 0 unspecified atom stereocenters. The fourth-order valence-electron chi connectivity index (χ4n) is 2.22. The molecule has 0 radical (unpaired) electrons. The summed E-state index contributed by atoms with van der Waals surface area (Å²) in [5.74, 6) is -0.886. The summed E-state index contributed by atoms with van der Waals surface area (Å²) < 4.78 is 18.7. The summed E-state index contributed by atoms with van der Waals surface area (Å²) in [7, 11) is 0. The van der Waals surface area contributed by atoms with Gasteiger partial charge < -0.3 is 10.5 Å². The van der Waals surface area contributed by atoms with E-state index in [0.717, 1.165) is 37.8 Å². The van der Waals surface area contributed by atoms with Crippen LogP contribution in [0.2, 0.25) is 5.02 Å². The van der Waals surface area contributed by atoms with Crippen LogP contribution in [0.5, 0.6) is 5.75 Å². The first-order valence-corrected chi connectivity index (χ1v) is 6.34. The molecule has 104 valence electrons. The average molecular weight is 289 g/mol. The third-order valence-corrected chi connectivity index (χ3v) is 3.60. The number of nitro groups is 1. The van der Waals surface area contributed by atoms with Gasteiger partial charge in [0.15, 0.2) is 5.75 Å². The van der Waals surface area contributed by atoms with Gasteiger partial charge in [0.25, 0.3) is 0 Å². The predicted molar refractivity (Wildman–Crippen MR) is 68.9 cm³/mol. The average Bonchev–Trinajstić information content (AvgIpc) is 2.77. The van der Waals surface area contributed by atoms with Crippen LogP contribution in [0.25, 0.3) is 0 Å². The van der Waals surface area contributed by atoms with Crippen LogP contribution in [0, 0.1) is 15.9 Å². The van der Waals surface area contributed by atoms with Crippen LogP contribution >= 0.6 is 11.6 Å². The molecule has 1 fully saturated rings. The van der Waals surface area contributed by atoms with Gasteiger partial charge in [-0.25, -0.2) is 4.39 Å². The van der Waals surface area contributed by atoms with Crippen molar-refractivity contribution in [2.24, 2.45) is 5.73 Å². The Morgan fingerprint density at radius 2 is 2.11 bits per heavy atom. The highest BCUT2D eigenvalue weighted by atomic mass is 35.5. The monoisotopic (exact) mass is 288 g/mol. The zero-order chi connectivity index (χ0) is 14.0. The molecule has 2 N–H and O–H groups in total. The van der Waals surface area contributed by atoms with Crippen molar-refractivity contribution in [1.29, 1.82) is 0 Å². The van der Waals surface area contributed by atoms with Crippen LogP contribution in [0.1, 0.15) is 25.7 Å². The highest BCUT2D eigenvalue weighted by Crippen LogP contribution is 2.34. The molecule has 0 aromatic heterocycles. The first-order valence-electron chi connectivity index (χ1n) is 5.96. The summed E-state index contributed by atoms with van der Waals surface area (Å²) in [5.41, 5.74) is 5.25. The van der Waals surface area contributed by atoms with E-state index in [1.54, 1.807) is 0 Å². The molecular weight excluding hydrogens is 275 g/mol. The molecule has 5 nitrogen and oxygen atoms in total. The first-order chi connectivity index (χ1) is 8.91. The number of halogens is 2. The van der Waals surface area contributed by atoms with E-state index >= 15 is 0 Å². The predicted octanol–water partition coefficient (Wildman–Crippen LogP) is 3.04. The standard InChI is InChI=1S/C12H14ClFN2O3/c13-8-5-10(16(17)18)11(6-9(8)14)19-7-12(15)3-1-2-4-12/h5-6H,1-4,7,15H2. The summed E-state index contributed by atoms with van der Waals surface area (Å²) in [6, 6.07) is 1.88. The maximum Gasteiger partial charge on any atom is 0.312 e. The van der Waals surface area contributed by atoms with E-state index in [1.165, 1.54) is 0 Å². The van der Waals surface area contributed by atoms with Gasteiger partial charge in [0.1, 0.15) is 12.4 Å². The lowest BCUT2D eigenvalue weighted by molar-refractivity contribution is -0.386.